The number of fused-ring (bicyclic) bond motifs is 2. The minimum atomic E-state index is -0.354. The largest absolute Gasteiger partial charge is 0.392 e. The van der Waals surface area contributed by atoms with Crippen molar-refractivity contribution >= 4 is 5.78 Å². The Bertz CT molecular complexity index is 212. The first kappa shape index (κ1) is 8.24. The molecule has 0 amide bonds. The Kier molecular flexibility index (Phi) is 1.76. The molecule has 0 spiro atoms. The third-order valence-corrected chi connectivity index (χ3v) is 3.82. The van der Waals surface area contributed by atoms with Gasteiger partial charge < -0.3 is 5.11 Å². The molecule has 1 N–H and O–H groups in total. The van der Waals surface area contributed by atoms with Crippen LogP contribution in [-0.4, -0.2) is 17.0 Å². The number of aliphatic hydroxyl groups is 1. The van der Waals surface area contributed by atoms with Crippen LogP contribution in [-0.2, 0) is 4.79 Å². The van der Waals surface area contributed by atoms with Gasteiger partial charge in [-0.2, -0.15) is 0 Å². The number of carbonyl (C=O) groups is 1. The molecular formula is C10H16O2. The van der Waals surface area contributed by atoms with Gasteiger partial charge in [0.25, 0.3) is 0 Å². The number of Topliss-reactive ketones (excluding diaryl/α,β-unsaturated/α-hetero) is 1. The number of ketones is 1. The van der Waals surface area contributed by atoms with Gasteiger partial charge in [-0.25, -0.2) is 0 Å². The van der Waals surface area contributed by atoms with E-state index < -0.39 is 0 Å². The zero-order valence-electron chi connectivity index (χ0n) is 7.66. The predicted octanol–water partition coefficient (Wildman–Crippen LogP) is 1.23. The summed E-state index contributed by atoms with van der Waals surface area (Å²) < 4.78 is 0. The topological polar surface area (TPSA) is 37.3 Å². The maximum Gasteiger partial charge on any atom is 0.138 e. The van der Waals surface area contributed by atoms with Gasteiger partial charge in [0.05, 0.1) is 6.10 Å². The zero-order valence-corrected chi connectivity index (χ0v) is 7.66. The second kappa shape index (κ2) is 2.56. The Morgan fingerprint density at radius 3 is 2.75 bits per heavy atom. The van der Waals surface area contributed by atoms with E-state index in [2.05, 4.69) is 13.8 Å². The van der Waals surface area contributed by atoms with E-state index in [1.165, 1.54) is 0 Å². The van der Waals surface area contributed by atoms with Crippen molar-refractivity contribution in [3.05, 3.63) is 0 Å². The fourth-order valence-corrected chi connectivity index (χ4v) is 2.96. The molecule has 1 unspecified atom stereocenters. The molecule has 2 fully saturated rings. The maximum absolute atomic E-state index is 11.5. The normalized spacial score (nSPS) is 52.9. The summed E-state index contributed by atoms with van der Waals surface area (Å²) in [6.07, 6.45) is 1.27. The van der Waals surface area contributed by atoms with Crippen molar-refractivity contribution in [3.63, 3.8) is 0 Å². The fourth-order valence-electron chi connectivity index (χ4n) is 2.96. The summed E-state index contributed by atoms with van der Waals surface area (Å²) in [5.41, 5.74) is 0. The summed E-state index contributed by atoms with van der Waals surface area (Å²) in [7, 11) is 0. The molecule has 2 heteroatoms. The summed E-state index contributed by atoms with van der Waals surface area (Å²) in [4.78, 5) is 11.5. The molecule has 0 radical (unpaired) electrons. The molecule has 0 aromatic carbocycles. The molecule has 0 aromatic heterocycles. The first-order valence-electron chi connectivity index (χ1n) is 4.82. The van der Waals surface area contributed by atoms with Gasteiger partial charge in [0.2, 0.25) is 0 Å². The van der Waals surface area contributed by atoms with Gasteiger partial charge in [-0.3, -0.25) is 4.79 Å². The smallest absolute Gasteiger partial charge is 0.138 e. The minimum absolute atomic E-state index is 0.0267. The molecule has 2 nitrogen and oxygen atoms in total. The SMILES string of the molecule is CC1[C@H](O)[C@H]2C[C@@H]1[C@H](C)CC2=O. The van der Waals surface area contributed by atoms with Crippen LogP contribution in [0.3, 0.4) is 0 Å². The first-order chi connectivity index (χ1) is 5.61. The van der Waals surface area contributed by atoms with Crippen molar-refractivity contribution in [2.45, 2.75) is 32.8 Å². The van der Waals surface area contributed by atoms with Crippen molar-refractivity contribution in [1.82, 2.24) is 0 Å². The van der Waals surface area contributed by atoms with E-state index in [0.717, 1.165) is 6.42 Å². The van der Waals surface area contributed by atoms with E-state index in [-0.39, 0.29) is 17.8 Å². The molecule has 2 rings (SSSR count). The molecule has 12 heavy (non-hydrogen) atoms. The van der Waals surface area contributed by atoms with Gasteiger partial charge in [-0.05, 0) is 24.2 Å². The molecule has 2 aliphatic carbocycles. The van der Waals surface area contributed by atoms with Crippen LogP contribution in [0.1, 0.15) is 26.7 Å². The molecule has 5 atom stereocenters. The first-order valence-corrected chi connectivity index (χ1v) is 4.82. The second-order valence-electron chi connectivity index (χ2n) is 4.50. The maximum atomic E-state index is 11.5. The molecule has 0 saturated heterocycles. The van der Waals surface area contributed by atoms with Gasteiger partial charge in [-0.1, -0.05) is 13.8 Å². The van der Waals surface area contributed by atoms with Gasteiger partial charge >= 0.3 is 0 Å². The van der Waals surface area contributed by atoms with Crippen LogP contribution >= 0.6 is 0 Å². The number of aliphatic hydroxyl groups excluding tert-OH is 1. The Morgan fingerprint density at radius 1 is 1.42 bits per heavy atom. The van der Waals surface area contributed by atoms with Crippen molar-refractivity contribution in [2.24, 2.45) is 23.7 Å². The molecule has 2 bridgehead atoms. The standard InChI is InChI=1S/C10H16O2/c1-5-3-9(11)8-4-7(5)6(2)10(8)12/h5-8,10,12H,3-4H2,1-2H3/t5-,6?,7-,8+,10+/m1/s1. The third kappa shape index (κ3) is 0.939. The lowest BCUT2D eigenvalue weighted by Gasteiger charge is -2.25. The Labute approximate surface area is 73.0 Å². The van der Waals surface area contributed by atoms with Gasteiger partial charge in [0, 0.05) is 12.3 Å². The Hall–Kier alpha value is -0.370. The highest BCUT2D eigenvalue weighted by Gasteiger charge is 2.49. The number of hydrogen-bond donors (Lipinski definition) is 1. The number of carbonyl (C=O) groups excluding carboxylic acids is 1. The summed E-state index contributed by atoms with van der Waals surface area (Å²) in [6, 6.07) is 0. The summed E-state index contributed by atoms with van der Waals surface area (Å²) in [6.45, 7) is 4.21. The van der Waals surface area contributed by atoms with E-state index in [9.17, 15) is 9.90 Å². The van der Waals surface area contributed by atoms with Crippen LogP contribution in [0.15, 0.2) is 0 Å². The molecule has 0 aromatic rings. The third-order valence-electron chi connectivity index (χ3n) is 3.82. The highest BCUT2D eigenvalue weighted by atomic mass is 16.3. The van der Waals surface area contributed by atoms with Crippen LogP contribution in [0.5, 0.6) is 0 Å². The molecule has 2 saturated carbocycles. The summed E-state index contributed by atoms with van der Waals surface area (Å²) in [5, 5.41) is 9.74. The Balaban J connectivity index is 2.26. The van der Waals surface area contributed by atoms with Crippen LogP contribution in [0.4, 0.5) is 0 Å². The lowest BCUT2D eigenvalue weighted by molar-refractivity contribution is -0.127. The number of rotatable bonds is 0. The van der Waals surface area contributed by atoms with E-state index >= 15 is 0 Å². The average Bonchev–Trinajstić information content (AvgIpc) is 2.26. The molecule has 0 heterocycles. The van der Waals surface area contributed by atoms with Crippen LogP contribution in [0.2, 0.25) is 0 Å². The highest BCUT2D eigenvalue weighted by molar-refractivity contribution is 5.83. The van der Waals surface area contributed by atoms with Gasteiger partial charge in [0.1, 0.15) is 5.78 Å². The van der Waals surface area contributed by atoms with Crippen molar-refractivity contribution < 1.29 is 9.90 Å². The predicted molar refractivity (Wildman–Crippen MR) is 45.6 cm³/mol. The van der Waals surface area contributed by atoms with Crippen LogP contribution < -0.4 is 0 Å². The quantitative estimate of drug-likeness (QED) is 0.590. The van der Waals surface area contributed by atoms with Gasteiger partial charge in [-0.15, -0.1) is 0 Å². The minimum Gasteiger partial charge on any atom is -0.392 e. The monoisotopic (exact) mass is 168 g/mol. The lowest BCUT2D eigenvalue weighted by atomic mass is 9.78. The van der Waals surface area contributed by atoms with E-state index in [0.29, 0.717) is 24.2 Å². The van der Waals surface area contributed by atoms with Crippen LogP contribution in [0, 0.1) is 23.7 Å². The zero-order chi connectivity index (χ0) is 8.88. The second-order valence-corrected chi connectivity index (χ2v) is 4.50. The average molecular weight is 168 g/mol. The van der Waals surface area contributed by atoms with Gasteiger partial charge in [0.15, 0.2) is 0 Å². The molecule has 68 valence electrons. The molecule has 0 aliphatic heterocycles. The number of hydrogen-bond acceptors (Lipinski definition) is 2. The molecule has 2 aliphatic rings. The highest BCUT2D eigenvalue weighted by Crippen LogP contribution is 2.46. The summed E-state index contributed by atoms with van der Waals surface area (Å²) in [5.74, 6) is 1.66. The Morgan fingerprint density at radius 2 is 2.08 bits per heavy atom. The molecular weight excluding hydrogens is 152 g/mol. The summed E-state index contributed by atoms with van der Waals surface area (Å²) >= 11 is 0. The van der Waals surface area contributed by atoms with Crippen molar-refractivity contribution in [1.29, 1.82) is 0 Å². The van der Waals surface area contributed by atoms with E-state index in [4.69, 9.17) is 0 Å². The van der Waals surface area contributed by atoms with E-state index in [1.807, 2.05) is 0 Å². The fraction of sp³-hybridized carbons (Fsp3) is 0.900. The lowest BCUT2D eigenvalue weighted by Crippen LogP contribution is -2.27. The van der Waals surface area contributed by atoms with Crippen LogP contribution in [0.25, 0.3) is 0 Å². The van der Waals surface area contributed by atoms with Crippen molar-refractivity contribution in [2.75, 3.05) is 0 Å². The van der Waals surface area contributed by atoms with E-state index in [1.54, 1.807) is 0 Å². The van der Waals surface area contributed by atoms with Crippen molar-refractivity contribution in [3.8, 4) is 0 Å².